The minimum Gasteiger partial charge on any atom is -0.756 e. The van der Waals surface area contributed by atoms with Crippen LogP contribution in [-0.4, -0.2) is 109 Å². The molecule has 0 spiro atoms. The van der Waals surface area contributed by atoms with Crippen molar-refractivity contribution in [2.24, 2.45) is 11.8 Å². The van der Waals surface area contributed by atoms with Crippen LogP contribution in [0.25, 0.3) is 0 Å². The van der Waals surface area contributed by atoms with Crippen LogP contribution >= 0.6 is 7.82 Å². The molecule has 14 heteroatoms. The summed E-state index contributed by atoms with van der Waals surface area (Å²) in [5.74, 6) is -2.13. The Balaban J connectivity index is 2.41. The number of esters is 2. The van der Waals surface area contributed by atoms with E-state index in [-0.39, 0.29) is 51.1 Å². The van der Waals surface area contributed by atoms with E-state index in [2.05, 4.69) is 26.0 Å². The van der Waals surface area contributed by atoms with Gasteiger partial charge in [-0.05, 0) is 51.4 Å². The highest BCUT2D eigenvalue weighted by Gasteiger charge is 2.41. The van der Waals surface area contributed by atoms with E-state index in [4.69, 9.17) is 18.5 Å². The lowest BCUT2D eigenvalue weighted by molar-refractivity contribution is -0.870. The lowest BCUT2D eigenvalue weighted by atomic mass is 9.87. The zero-order chi connectivity index (χ0) is 48.9. The highest BCUT2D eigenvalue weighted by molar-refractivity contribution is 7.45. The summed E-state index contributed by atoms with van der Waals surface area (Å²) in [4.78, 5) is 50.9. The number of unbranched alkanes of at least 4 members (excludes halogenated alkanes) is 20. The fourth-order valence-corrected chi connectivity index (χ4v) is 8.96. The first-order chi connectivity index (χ1) is 31.6. The third kappa shape index (κ3) is 35.2. The Bertz CT molecular complexity index is 1350. The van der Waals surface area contributed by atoms with E-state index >= 15 is 0 Å². The average molecular weight is 958 g/mol. The lowest BCUT2D eigenvalue weighted by Gasteiger charge is -2.28. The molecule has 0 bridgehead atoms. The number of quaternary nitrogens is 1. The van der Waals surface area contributed by atoms with Crippen LogP contribution in [-0.2, 0) is 37.5 Å². The Hall–Kier alpha value is -1.96. The van der Waals surface area contributed by atoms with Gasteiger partial charge in [-0.25, -0.2) is 0 Å². The first-order valence-electron chi connectivity index (χ1n) is 26.2. The number of rotatable bonds is 44. The van der Waals surface area contributed by atoms with Gasteiger partial charge in [0.2, 0.25) is 0 Å². The molecular formula is C52H96NO12P. The number of carbonyl (C=O) groups is 3. The molecule has 386 valence electrons. The van der Waals surface area contributed by atoms with E-state index in [0.29, 0.717) is 36.7 Å². The Labute approximate surface area is 401 Å². The quantitative estimate of drug-likeness (QED) is 0.0173. The van der Waals surface area contributed by atoms with Crippen molar-refractivity contribution in [1.29, 1.82) is 0 Å². The molecule has 7 atom stereocenters. The second-order valence-electron chi connectivity index (χ2n) is 19.9. The van der Waals surface area contributed by atoms with Gasteiger partial charge in [0.1, 0.15) is 25.5 Å². The number of phosphoric acid groups is 1. The topological polar surface area (TPSA) is 189 Å². The summed E-state index contributed by atoms with van der Waals surface area (Å²) in [5.41, 5.74) is 0. The molecule has 1 aliphatic rings. The van der Waals surface area contributed by atoms with Gasteiger partial charge < -0.3 is 43.2 Å². The summed E-state index contributed by atoms with van der Waals surface area (Å²) in [5, 5.41) is 31.4. The second-order valence-corrected chi connectivity index (χ2v) is 21.3. The molecule has 0 aliphatic heterocycles. The number of hydrogen-bond donors (Lipinski definition) is 3. The van der Waals surface area contributed by atoms with Crippen LogP contribution in [0.2, 0.25) is 0 Å². The van der Waals surface area contributed by atoms with Gasteiger partial charge in [-0.15, -0.1) is 0 Å². The minimum absolute atomic E-state index is 0.0595. The number of carbonyl (C=O) groups excluding carboxylic acids is 3. The summed E-state index contributed by atoms with van der Waals surface area (Å²) in [6.45, 7) is 3.70. The van der Waals surface area contributed by atoms with Gasteiger partial charge in [0.15, 0.2) is 6.10 Å². The van der Waals surface area contributed by atoms with Crippen molar-refractivity contribution in [2.75, 3.05) is 47.5 Å². The summed E-state index contributed by atoms with van der Waals surface area (Å²) >= 11 is 0. The van der Waals surface area contributed by atoms with Crippen LogP contribution in [0.15, 0.2) is 24.3 Å². The molecule has 0 aromatic rings. The zero-order valence-electron chi connectivity index (χ0n) is 42.2. The Kier molecular flexibility index (Phi) is 36.5. The van der Waals surface area contributed by atoms with Crippen molar-refractivity contribution < 1.29 is 62.2 Å². The highest BCUT2D eigenvalue weighted by atomic mass is 31.2. The first kappa shape index (κ1) is 62.1. The normalized spacial score (nSPS) is 19.7. The number of allylic oxidation sites excluding steroid dienone is 2. The van der Waals surface area contributed by atoms with Gasteiger partial charge in [0.25, 0.3) is 7.82 Å². The van der Waals surface area contributed by atoms with Crippen LogP contribution in [0.1, 0.15) is 206 Å². The molecule has 1 rings (SSSR count). The summed E-state index contributed by atoms with van der Waals surface area (Å²) < 4.78 is 33.9. The third-order valence-corrected chi connectivity index (χ3v) is 13.4. The Morgan fingerprint density at radius 2 is 1.20 bits per heavy atom. The van der Waals surface area contributed by atoms with Gasteiger partial charge in [-0.2, -0.15) is 0 Å². The summed E-state index contributed by atoms with van der Waals surface area (Å²) in [7, 11) is 0.942. The number of aliphatic hydroxyl groups is 3. The fraction of sp³-hybridized carbons (Fsp3) is 0.865. The van der Waals surface area contributed by atoms with E-state index in [9.17, 15) is 39.2 Å². The standard InChI is InChI=1S/C52H96NO12P/c1-6-8-10-11-12-13-14-15-16-17-18-19-20-21-22-23-24-25-26-27-29-34-51(58)62-42-46(43-64-66(60,61)63-39-38-53(3,4)5)65-52(59)35-31-30-33-45(55)40-48-47(49(56)41-50(48)57)37-36-44(54)32-28-9-7-2/h15-16,36-37,44,46-50,54,56-57H,6-14,17-35,38-43H2,1-5H3/b16-15-,37-36+/t44-,46+,47+,48+,49+,50-/m0/s1. The van der Waals surface area contributed by atoms with Gasteiger partial charge in [0, 0.05) is 43.9 Å². The number of ether oxygens (including phenoxy) is 2. The van der Waals surface area contributed by atoms with Crippen molar-refractivity contribution in [3.05, 3.63) is 24.3 Å². The van der Waals surface area contributed by atoms with Crippen LogP contribution in [0.5, 0.6) is 0 Å². The second kappa shape index (κ2) is 38.8. The number of likely N-dealkylation sites (N-methyl/N-ethyl adjacent to an activating group) is 1. The molecule has 0 radical (unpaired) electrons. The predicted molar refractivity (Wildman–Crippen MR) is 261 cm³/mol. The van der Waals surface area contributed by atoms with E-state index in [1.807, 2.05) is 21.1 Å². The zero-order valence-corrected chi connectivity index (χ0v) is 43.1. The molecule has 0 aromatic heterocycles. The van der Waals surface area contributed by atoms with Crippen LogP contribution in [0.4, 0.5) is 0 Å². The summed E-state index contributed by atoms with van der Waals surface area (Å²) in [6, 6.07) is 0. The molecule has 0 heterocycles. The highest BCUT2D eigenvalue weighted by Crippen LogP contribution is 2.39. The monoisotopic (exact) mass is 958 g/mol. The maximum Gasteiger partial charge on any atom is 0.306 e. The van der Waals surface area contributed by atoms with Crippen LogP contribution < -0.4 is 4.89 Å². The molecule has 0 aromatic carbocycles. The molecule has 66 heavy (non-hydrogen) atoms. The van der Waals surface area contributed by atoms with Crippen molar-refractivity contribution >= 4 is 25.5 Å². The van der Waals surface area contributed by atoms with Crippen LogP contribution in [0.3, 0.4) is 0 Å². The minimum atomic E-state index is -4.73. The average Bonchev–Trinajstić information content (AvgIpc) is 3.52. The fourth-order valence-electron chi connectivity index (χ4n) is 8.23. The summed E-state index contributed by atoms with van der Waals surface area (Å²) in [6.07, 6.45) is 32.6. The van der Waals surface area contributed by atoms with E-state index in [1.165, 1.54) is 96.3 Å². The number of nitrogens with zero attached hydrogens (tertiary/aromatic N) is 1. The number of phosphoric ester groups is 1. The van der Waals surface area contributed by atoms with E-state index in [1.54, 1.807) is 12.2 Å². The number of Topliss-reactive ketones (excluding diaryl/α,β-unsaturated/α-hetero) is 1. The molecule has 13 nitrogen and oxygen atoms in total. The van der Waals surface area contributed by atoms with Gasteiger partial charge in [0.05, 0.1) is 46.1 Å². The molecule has 1 saturated carbocycles. The first-order valence-corrected chi connectivity index (χ1v) is 27.7. The van der Waals surface area contributed by atoms with Crippen molar-refractivity contribution in [3.8, 4) is 0 Å². The molecule has 0 saturated heterocycles. The van der Waals surface area contributed by atoms with E-state index in [0.717, 1.165) is 38.5 Å². The van der Waals surface area contributed by atoms with Crippen molar-refractivity contribution in [2.45, 2.75) is 231 Å². The maximum absolute atomic E-state index is 12.9. The third-order valence-electron chi connectivity index (χ3n) is 12.4. The lowest BCUT2D eigenvalue weighted by Crippen LogP contribution is -2.37. The van der Waals surface area contributed by atoms with Crippen molar-refractivity contribution in [1.82, 2.24) is 0 Å². The van der Waals surface area contributed by atoms with Gasteiger partial charge in [-0.3, -0.25) is 18.9 Å². The van der Waals surface area contributed by atoms with Crippen molar-refractivity contribution in [3.63, 3.8) is 0 Å². The molecular weight excluding hydrogens is 862 g/mol. The Morgan fingerprint density at radius 1 is 0.682 bits per heavy atom. The SMILES string of the molecule is CCCCCCCC/C=C\CCCCCCCCCCCCCC(=O)OC[C@H](COP(=O)([O-])OCC[N+](C)(C)C)OC(=O)CCCCC(=O)C[C@@H]1[C@@H](/C=C/[C@@H](O)CCCCC)[C@H](O)C[C@@H]1O. The molecule has 1 fully saturated rings. The van der Waals surface area contributed by atoms with Crippen LogP contribution in [0, 0.1) is 11.8 Å². The maximum atomic E-state index is 12.9. The number of ketones is 1. The smallest absolute Gasteiger partial charge is 0.306 e. The van der Waals surface area contributed by atoms with Gasteiger partial charge >= 0.3 is 11.9 Å². The molecule has 1 unspecified atom stereocenters. The number of hydrogen-bond acceptors (Lipinski definition) is 12. The number of aliphatic hydroxyl groups excluding tert-OH is 3. The Morgan fingerprint density at radius 3 is 1.79 bits per heavy atom. The largest absolute Gasteiger partial charge is 0.756 e. The molecule has 3 N–H and O–H groups in total. The van der Waals surface area contributed by atoms with Gasteiger partial charge in [-0.1, -0.05) is 147 Å². The van der Waals surface area contributed by atoms with E-state index < -0.39 is 62.6 Å². The molecule has 1 aliphatic carbocycles. The molecule has 0 amide bonds. The predicted octanol–water partition coefficient (Wildman–Crippen LogP) is 10.4.